The van der Waals surface area contributed by atoms with E-state index >= 15 is 0 Å². The van der Waals surface area contributed by atoms with Crippen LogP contribution in [-0.2, 0) is 0 Å². The predicted molar refractivity (Wildman–Crippen MR) is 72.0 cm³/mol. The molecule has 2 rings (SSSR count). The zero-order chi connectivity index (χ0) is 11.5. The minimum Gasteiger partial charge on any atom is -0.246 e. The lowest BCUT2D eigenvalue weighted by molar-refractivity contribution is 1.06. The summed E-state index contributed by atoms with van der Waals surface area (Å²) in [5.74, 6) is 0. The summed E-state index contributed by atoms with van der Waals surface area (Å²) in [5.41, 5.74) is 2.32. The second-order valence-electron chi connectivity index (χ2n) is 3.63. The summed E-state index contributed by atoms with van der Waals surface area (Å²) in [5, 5.41) is 1.05. The maximum atomic E-state index is 4.48. The van der Waals surface area contributed by atoms with Gasteiger partial charge in [0.2, 0.25) is 0 Å². The van der Waals surface area contributed by atoms with Gasteiger partial charge in [0.1, 0.15) is 5.03 Å². The minimum atomic E-state index is 1.05. The van der Waals surface area contributed by atoms with E-state index in [1.807, 2.05) is 25.1 Å². The summed E-state index contributed by atoms with van der Waals surface area (Å²) in [4.78, 5) is 5.73. The Hall–Kier alpha value is -0.800. The van der Waals surface area contributed by atoms with Gasteiger partial charge in [0.05, 0.1) is 0 Å². The molecule has 82 valence electrons. The number of aromatic nitrogens is 1. The van der Waals surface area contributed by atoms with Gasteiger partial charge in [-0.2, -0.15) is 0 Å². The Labute approximate surface area is 108 Å². The number of nitrogens with zero attached hydrogens (tertiary/aromatic N) is 1. The van der Waals surface area contributed by atoms with E-state index in [1.165, 1.54) is 10.5 Å². The van der Waals surface area contributed by atoms with Crippen molar-refractivity contribution in [1.82, 2.24) is 4.98 Å². The van der Waals surface area contributed by atoms with E-state index < -0.39 is 0 Å². The average molecular weight is 294 g/mol. The van der Waals surface area contributed by atoms with Gasteiger partial charge in [-0.25, -0.2) is 4.98 Å². The van der Waals surface area contributed by atoms with E-state index in [4.69, 9.17) is 0 Å². The SMILES string of the molecule is Cc1cccc(Sc2ccc(Br)cc2C)n1. The van der Waals surface area contributed by atoms with Crippen molar-refractivity contribution in [3.05, 3.63) is 52.1 Å². The van der Waals surface area contributed by atoms with Crippen LogP contribution in [-0.4, -0.2) is 4.98 Å². The Bertz CT molecular complexity index is 511. The first-order valence-corrected chi connectivity index (χ1v) is 6.64. The van der Waals surface area contributed by atoms with Gasteiger partial charge < -0.3 is 0 Å². The normalized spacial score (nSPS) is 10.4. The maximum Gasteiger partial charge on any atom is 0.101 e. The molecule has 0 amide bonds. The summed E-state index contributed by atoms with van der Waals surface area (Å²) >= 11 is 5.17. The lowest BCUT2D eigenvalue weighted by Crippen LogP contribution is -1.85. The Morgan fingerprint density at radius 1 is 1.12 bits per heavy atom. The van der Waals surface area contributed by atoms with E-state index in [9.17, 15) is 0 Å². The van der Waals surface area contributed by atoms with Crippen molar-refractivity contribution in [3.8, 4) is 0 Å². The number of halogens is 1. The molecule has 1 nitrogen and oxygen atoms in total. The predicted octanol–water partition coefficient (Wildman–Crippen LogP) is 4.61. The fraction of sp³-hybridized carbons (Fsp3) is 0.154. The first-order chi connectivity index (χ1) is 7.65. The van der Waals surface area contributed by atoms with Crippen molar-refractivity contribution < 1.29 is 0 Å². The number of rotatable bonds is 2. The van der Waals surface area contributed by atoms with E-state index in [-0.39, 0.29) is 0 Å². The van der Waals surface area contributed by atoms with Crippen molar-refractivity contribution in [2.45, 2.75) is 23.8 Å². The molecule has 2 aromatic rings. The molecule has 0 aliphatic heterocycles. The fourth-order valence-corrected chi connectivity index (χ4v) is 2.81. The van der Waals surface area contributed by atoms with Crippen LogP contribution in [0.4, 0.5) is 0 Å². The van der Waals surface area contributed by atoms with Crippen LogP contribution >= 0.6 is 27.7 Å². The molecule has 0 radical (unpaired) electrons. The van der Waals surface area contributed by atoms with Gasteiger partial charge in [-0.3, -0.25) is 0 Å². The van der Waals surface area contributed by atoms with Crippen LogP contribution in [0.25, 0.3) is 0 Å². The molecular weight excluding hydrogens is 282 g/mol. The molecule has 16 heavy (non-hydrogen) atoms. The molecule has 0 atom stereocenters. The zero-order valence-corrected chi connectivity index (χ0v) is 11.6. The third-order valence-electron chi connectivity index (χ3n) is 2.21. The van der Waals surface area contributed by atoms with Gasteiger partial charge in [0.15, 0.2) is 0 Å². The fourth-order valence-electron chi connectivity index (χ4n) is 1.41. The van der Waals surface area contributed by atoms with Gasteiger partial charge in [0.25, 0.3) is 0 Å². The molecule has 0 bridgehead atoms. The van der Waals surface area contributed by atoms with Gasteiger partial charge in [0, 0.05) is 15.1 Å². The first-order valence-electron chi connectivity index (χ1n) is 5.03. The molecule has 3 heteroatoms. The number of aryl methyl sites for hydroxylation is 2. The summed E-state index contributed by atoms with van der Waals surface area (Å²) in [6.07, 6.45) is 0. The first kappa shape index (κ1) is 11.7. The molecule has 1 aromatic carbocycles. The highest BCUT2D eigenvalue weighted by atomic mass is 79.9. The molecule has 0 aliphatic rings. The van der Waals surface area contributed by atoms with Crippen LogP contribution in [0.2, 0.25) is 0 Å². The second kappa shape index (κ2) is 5.02. The largest absolute Gasteiger partial charge is 0.246 e. The average Bonchev–Trinajstić information content (AvgIpc) is 2.22. The summed E-state index contributed by atoms with van der Waals surface area (Å²) in [6.45, 7) is 4.13. The highest BCUT2D eigenvalue weighted by molar-refractivity contribution is 9.10. The van der Waals surface area contributed by atoms with E-state index in [2.05, 4.69) is 46.0 Å². The Morgan fingerprint density at radius 3 is 2.62 bits per heavy atom. The molecule has 0 saturated heterocycles. The highest BCUT2D eigenvalue weighted by Crippen LogP contribution is 2.30. The Balaban J connectivity index is 2.27. The zero-order valence-electron chi connectivity index (χ0n) is 9.20. The molecular formula is C13H12BrNS. The Kier molecular flexibility index (Phi) is 3.66. The molecule has 0 N–H and O–H groups in total. The number of hydrogen-bond donors (Lipinski definition) is 0. The van der Waals surface area contributed by atoms with Crippen molar-refractivity contribution in [3.63, 3.8) is 0 Å². The van der Waals surface area contributed by atoms with Gasteiger partial charge in [-0.1, -0.05) is 33.8 Å². The van der Waals surface area contributed by atoms with Gasteiger partial charge in [-0.05, 0) is 49.7 Å². The highest BCUT2D eigenvalue weighted by Gasteiger charge is 2.02. The number of benzene rings is 1. The molecule has 0 saturated carbocycles. The smallest absolute Gasteiger partial charge is 0.101 e. The molecule has 1 heterocycles. The monoisotopic (exact) mass is 293 g/mol. The van der Waals surface area contributed by atoms with Crippen LogP contribution in [0.3, 0.4) is 0 Å². The van der Waals surface area contributed by atoms with E-state index in [1.54, 1.807) is 11.8 Å². The lowest BCUT2D eigenvalue weighted by atomic mass is 10.2. The molecule has 0 fully saturated rings. The van der Waals surface area contributed by atoms with Crippen molar-refractivity contribution in [1.29, 1.82) is 0 Å². The second-order valence-corrected chi connectivity index (χ2v) is 5.61. The van der Waals surface area contributed by atoms with Crippen LogP contribution < -0.4 is 0 Å². The molecule has 0 aliphatic carbocycles. The topological polar surface area (TPSA) is 12.9 Å². The molecule has 0 unspecified atom stereocenters. The number of pyridine rings is 1. The standard InChI is InChI=1S/C13H12BrNS/c1-9-8-11(14)6-7-12(9)16-13-5-3-4-10(2)15-13/h3-8H,1-2H3. The van der Waals surface area contributed by atoms with Crippen LogP contribution in [0, 0.1) is 13.8 Å². The van der Waals surface area contributed by atoms with Crippen molar-refractivity contribution >= 4 is 27.7 Å². The van der Waals surface area contributed by atoms with Crippen LogP contribution in [0.15, 0.2) is 50.8 Å². The van der Waals surface area contributed by atoms with Crippen molar-refractivity contribution in [2.24, 2.45) is 0 Å². The van der Waals surface area contributed by atoms with Gasteiger partial charge >= 0.3 is 0 Å². The third kappa shape index (κ3) is 2.86. The van der Waals surface area contributed by atoms with Crippen LogP contribution in [0.5, 0.6) is 0 Å². The summed E-state index contributed by atoms with van der Waals surface area (Å²) < 4.78 is 1.12. The summed E-state index contributed by atoms with van der Waals surface area (Å²) in [6, 6.07) is 12.4. The minimum absolute atomic E-state index is 1.05. The maximum absolute atomic E-state index is 4.48. The van der Waals surface area contributed by atoms with Crippen molar-refractivity contribution in [2.75, 3.05) is 0 Å². The summed E-state index contributed by atoms with van der Waals surface area (Å²) in [7, 11) is 0. The molecule has 1 aromatic heterocycles. The third-order valence-corrected chi connectivity index (χ3v) is 3.82. The lowest BCUT2D eigenvalue weighted by Gasteiger charge is -2.05. The van der Waals surface area contributed by atoms with E-state index in [0.717, 1.165) is 15.2 Å². The molecule has 0 spiro atoms. The quantitative estimate of drug-likeness (QED) is 0.802. The Morgan fingerprint density at radius 2 is 1.94 bits per heavy atom. The van der Waals surface area contributed by atoms with Crippen LogP contribution in [0.1, 0.15) is 11.3 Å². The van der Waals surface area contributed by atoms with E-state index in [0.29, 0.717) is 0 Å². The number of hydrogen-bond acceptors (Lipinski definition) is 2. The van der Waals surface area contributed by atoms with Gasteiger partial charge in [-0.15, -0.1) is 0 Å².